The van der Waals surface area contributed by atoms with Gasteiger partial charge in [0.2, 0.25) is 0 Å². The van der Waals surface area contributed by atoms with Gasteiger partial charge in [-0.15, -0.1) is 0 Å². The molecule has 1 aromatic heterocycles. The van der Waals surface area contributed by atoms with E-state index in [9.17, 15) is 13.2 Å². The number of para-hydroxylation sites is 1. The summed E-state index contributed by atoms with van der Waals surface area (Å²) in [4.78, 5) is 17.0. The number of rotatable bonds is 8. The zero-order valence-electron chi connectivity index (χ0n) is 18.1. The van der Waals surface area contributed by atoms with Gasteiger partial charge in [-0.1, -0.05) is 37.5 Å². The van der Waals surface area contributed by atoms with E-state index in [2.05, 4.69) is 19.4 Å². The Bertz CT molecular complexity index is 1260. The average molecular weight is 486 g/mol. The lowest BCUT2D eigenvalue weighted by atomic mass is 9.89. The number of aliphatic imine (C=N–C) groups is 1. The lowest BCUT2D eigenvalue weighted by molar-refractivity contribution is 0.367. The average Bonchev–Trinajstić information content (AvgIpc) is 3.19. The number of nitrogens with two attached hydrogens (primary N) is 1. The lowest BCUT2D eigenvalue weighted by Gasteiger charge is -2.19. The third-order valence-electron chi connectivity index (χ3n) is 5.65. The van der Waals surface area contributed by atoms with E-state index >= 15 is 0 Å². The molecule has 33 heavy (non-hydrogen) atoms. The molecule has 0 spiro atoms. The van der Waals surface area contributed by atoms with Gasteiger partial charge in [-0.3, -0.25) is 18.9 Å². The molecule has 8 nitrogen and oxygen atoms in total. The minimum atomic E-state index is -3.71. The highest BCUT2D eigenvalue weighted by atomic mass is 32.2. The zero-order valence-corrected chi connectivity index (χ0v) is 19.7. The van der Waals surface area contributed by atoms with Gasteiger partial charge in [0, 0.05) is 17.9 Å². The van der Waals surface area contributed by atoms with Gasteiger partial charge in [-0.2, -0.15) is 0 Å². The number of H-pyrrole nitrogens is 1. The number of nitrogens with one attached hydrogen (secondary N) is 3. The molecule has 0 aliphatic heterocycles. The fourth-order valence-electron chi connectivity index (χ4n) is 3.87. The SMILES string of the molecule is NC(=NCC1CCCCC1)c1c(Nc2ccc(S(=O)(=O)Nc3ccccc3)cc2)s[nH]c1=O. The van der Waals surface area contributed by atoms with Crippen molar-refractivity contribution in [3.05, 3.63) is 70.5 Å². The number of sulfonamides is 1. The van der Waals surface area contributed by atoms with E-state index < -0.39 is 10.0 Å². The first-order valence-electron chi connectivity index (χ1n) is 10.9. The highest BCUT2D eigenvalue weighted by Gasteiger charge is 2.18. The number of aromatic amines is 1. The fraction of sp³-hybridized carbons (Fsp3) is 0.304. The molecule has 174 valence electrons. The van der Waals surface area contributed by atoms with Crippen LogP contribution in [0.2, 0.25) is 0 Å². The van der Waals surface area contributed by atoms with E-state index in [1.165, 1.54) is 31.4 Å². The van der Waals surface area contributed by atoms with E-state index in [0.29, 0.717) is 34.4 Å². The Morgan fingerprint density at radius 1 is 1.03 bits per heavy atom. The van der Waals surface area contributed by atoms with Crippen molar-refractivity contribution in [2.45, 2.75) is 37.0 Å². The van der Waals surface area contributed by atoms with E-state index in [4.69, 9.17) is 5.73 Å². The minimum absolute atomic E-state index is 0.132. The molecular formula is C23H27N5O3S2. The maximum atomic E-state index is 12.6. The molecule has 1 saturated carbocycles. The Kier molecular flexibility index (Phi) is 7.14. The predicted octanol–water partition coefficient (Wildman–Crippen LogP) is 4.27. The van der Waals surface area contributed by atoms with Crippen molar-refractivity contribution >= 4 is 43.8 Å². The Labute approximate surface area is 197 Å². The molecule has 0 unspecified atom stereocenters. The quantitative estimate of drug-likeness (QED) is 0.280. The summed E-state index contributed by atoms with van der Waals surface area (Å²) in [7, 11) is -3.71. The first kappa shape index (κ1) is 23.1. The highest BCUT2D eigenvalue weighted by Crippen LogP contribution is 2.26. The molecular weight excluding hydrogens is 458 g/mol. The van der Waals surface area contributed by atoms with Crippen LogP contribution in [0.1, 0.15) is 37.7 Å². The van der Waals surface area contributed by atoms with Crippen LogP contribution in [0.15, 0.2) is 69.3 Å². The van der Waals surface area contributed by atoms with Crippen LogP contribution in [-0.2, 0) is 10.0 Å². The lowest BCUT2D eigenvalue weighted by Crippen LogP contribution is -2.23. The second-order valence-electron chi connectivity index (χ2n) is 8.09. The van der Waals surface area contributed by atoms with Crippen molar-refractivity contribution in [3.8, 4) is 0 Å². The molecule has 0 saturated heterocycles. The number of benzene rings is 2. The Morgan fingerprint density at radius 2 is 1.73 bits per heavy atom. The number of aromatic nitrogens is 1. The molecule has 5 N–H and O–H groups in total. The summed E-state index contributed by atoms with van der Waals surface area (Å²) >= 11 is 1.13. The van der Waals surface area contributed by atoms with Gasteiger partial charge in [0.05, 0.1) is 4.90 Å². The number of hydrogen-bond donors (Lipinski definition) is 4. The minimum Gasteiger partial charge on any atom is -0.383 e. The number of anilines is 3. The van der Waals surface area contributed by atoms with Gasteiger partial charge in [0.15, 0.2) is 0 Å². The van der Waals surface area contributed by atoms with Crippen molar-refractivity contribution in [1.82, 2.24) is 4.37 Å². The van der Waals surface area contributed by atoms with E-state index in [1.807, 2.05) is 6.07 Å². The van der Waals surface area contributed by atoms with Crippen LogP contribution in [0.3, 0.4) is 0 Å². The first-order valence-corrected chi connectivity index (χ1v) is 13.2. The van der Waals surface area contributed by atoms with Gasteiger partial charge in [-0.05, 0) is 66.7 Å². The third kappa shape index (κ3) is 5.82. The molecule has 1 heterocycles. The molecule has 0 bridgehead atoms. The summed E-state index contributed by atoms with van der Waals surface area (Å²) in [5, 5.41) is 3.70. The highest BCUT2D eigenvalue weighted by molar-refractivity contribution is 7.92. The van der Waals surface area contributed by atoms with Crippen LogP contribution >= 0.6 is 11.5 Å². The first-order chi connectivity index (χ1) is 15.9. The largest absolute Gasteiger partial charge is 0.383 e. The van der Waals surface area contributed by atoms with Gasteiger partial charge < -0.3 is 11.1 Å². The Hall–Kier alpha value is -3.11. The molecule has 0 amide bonds. The predicted molar refractivity (Wildman–Crippen MR) is 134 cm³/mol. The number of hydrogen-bond acceptors (Lipinski definition) is 6. The van der Waals surface area contributed by atoms with Gasteiger partial charge in [0.1, 0.15) is 16.4 Å². The summed E-state index contributed by atoms with van der Waals surface area (Å²) < 4.78 is 30.5. The number of nitrogens with zero attached hydrogens (tertiary/aromatic N) is 1. The van der Waals surface area contributed by atoms with E-state index in [1.54, 1.807) is 36.4 Å². The summed E-state index contributed by atoms with van der Waals surface area (Å²) in [6, 6.07) is 15.0. The Balaban J connectivity index is 1.47. The van der Waals surface area contributed by atoms with Crippen LogP contribution in [0, 0.1) is 5.92 Å². The van der Waals surface area contributed by atoms with E-state index in [0.717, 1.165) is 24.4 Å². The number of amidine groups is 1. The second-order valence-corrected chi connectivity index (χ2v) is 10.6. The van der Waals surface area contributed by atoms with Gasteiger partial charge >= 0.3 is 0 Å². The second kappa shape index (κ2) is 10.2. The van der Waals surface area contributed by atoms with Crippen molar-refractivity contribution in [1.29, 1.82) is 0 Å². The molecule has 10 heteroatoms. The van der Waals surface area contributed by atoms with Gasteiger partial charge in [-0.25, -0.2) is 8.42 Å². The van der Waals surface area contributed by atoms with Crippen LogP contribution < -0.4 is 21.3 Å². The van der Waals surface area contributed by atoms with Crippen LogP contribution in [0.5, 0.6) is 0 Å². The third-order valence-corrected chi connectivity index (χ3v) is 7.84. The summed E-state index contributed by atoms with van der Waals surface area (Å²) in [6.45, 7) is 0.627. The van der Waals surface area contributed by atoms with Crippen LogP contribution in [0.4, 0.5) is 16.4 Å². The smallest absolute Gasteiger partial charge is 0.271 e. The van der Waals surface area contributed by atoms with Crippen molar-refractivity contribution in [3.63, 3.8) is 0 Å². The van der Waals surface area contributed by atoms with Gasteiger partial charge in [0.25, 0.3) is 15.6 Å². The van der Waals surface area contributed by atoms with Crippen molar-refractivity contribution in [2.24, 2.45) is 16.6 Å². The summed E-state index contributed by atoms with van der Waals surface area (Å²) in [5.41, 5.74) is 7.32. The zero-order chi connectivity index (χ0) is 23.3. The Morgan fingerprint density at radius 3 is 2.42 bits per heavy atom. The standard InChI is InChI=1S/C23H27N5O3S2/c24-21(25-15-16-7-3-1-4-8-16)20-22(29)27-32-23(20)26-17-11-13-19(14-12-17)33(30,31)28-18-9-5-2-6-10-18/h2,5-6,9-14,16,26,28H,1,3-4,7-8,15H2,(H2,24,25)(H,27,29). The van der Waals surface area contributed by atoms with E-state index in [-0.39, 0.29) is 16.3 Å². The maximum absolute atomic E-state index is 12.6. The molecule has 1 aliphatic rings. The molecule has 2 aromatic carbocycles. The van der Waals surface area contributed by atoms with Crippen LogP contribution in [-0.4, -0.2) is 25.2 Å². The molecule has 1 aliphatic carbocycles. The summed E-state index contributed by atoms with van der Waals surface area (Å²) in [6.07, 6.45) is 6.01. The maximum Gasteiger partial charge on any atom is 0.271 e. The molecule has 4 rings (SSSR count). The summed E-state index contributed by atoms with van der Waals surface area (Å²) in [5.74, 6) is 0.738. The monoisotopic (exact) mass is 485 g/mol. The van der Waals surface area contributed by atoms with Crippen LogP contribution in [0.25, 0.3) is 0 Å². The molecule has 3 aromatic rings. The van der Waals surface area contributed by atoms with Crippen molar-refractivity contribution < 1.29 is 8.42 Å². The topological polar surface area (TPSA) is 129 Å². The normalized spacial score (nSPS) is 15.3. The fourth-order valence-corrected chi connectivity index (χ4v) is 5.69. The molecule has 1 fully saturated rings. The molecule has 0 atom stereocenters. The van der Waals surface area contributed by atoms with Crippen molar-refractivity contribution in [2.75, 3.05) is 16.6 Å². The molecule has 0 radical (unpaired) electrons.